The van der Waals surface area contributed by atoms with Crippen molar-refractivity contribution >= 4 is 11.6 Å². The molecule has 20 heavy (non-hydrogen) atoms. The molecule has 1 aliphatic heterocycles. The number of carbonyl (C=O) groups excluding carboxylic acids is 1. The number of nitrogens with one attached hydrogen (secondary N) is 2. The summed E-state index contributed by atoms with van der Waals surface area (Å²) in [7, 11) is 0. The van der Waals surface area contributed by atoms with Gasteiger partial charge in [0.1, 0.15) is 11.8 Å². The molecule has 2 N–H and O–H groups in total. The van der Waals surface area contributed by atoms with Gasteiger partial charge in [-0.05, 0) is 25.5 Å². The molecule has 2 heterocycles. The van der Waals surface area contributed by atoms with E-state index in [4.69, 9.17) is 4.52 Å². The van der Waals surface area contributed by atoms with Crippen LogP contribution in [0.15, 0.2) is 28.8 Å². The molecule has 0 bridgehead atoms. The molecule has 0 unspecified atom stereocenters. The van der Waals surface area contributed by atoms with Crippen molar-refractivity contribution in [2.75, 3.05) is 5.32 Å². The topological polar surface area (TPSA) is 67.2 Å². The molecule has 5 heteroatoms. The van der Waals surface area contributed by atoms with Crippen LogP contribution < -0.4 is 10.6 Å². The van der Waals surface area contributed by atoms with Gasteiger partial charge in [0.2, 0.25) is 5.91 Å². The Morgan fingerprint density at radius 2 is 2.25 bits per heavy atom. The summed E-state index contributed by atoms with van der Waals surface area (Å²) in [6.07, 6.45) is 0.726. The van der Waals surface area contributed by atoms with Crippen LogP contribution >= 0.6 is 0 Å². The minimum atomic E-state index is -0.201. The zero-order valence-electron chi connectivity index (χ0n) is 11.6. The average molecular weight is 271 g/mol. The first-order valence-corrected chi connectivity index (χ1v) is 6.69. The van der Waals surface area contributed by atoms with Gasteiger partial charge in [0, 0.05) is 24.2 Å². The van der Waals surface area contributed by atoms with E-state index in [1.54, 1.807) is 0 Å². The number of hydrogen-bond acceptors (Lipinski definition) is 4. The number of anilines is 1. The Morgan fingerprint density at radius 3 is 2.95 bits per heavy atom. The van der Waals surface area contributed by atoms with Gasteiger partial charge in [-0.25, -0.2) is 0 Å². The van der Waals surface area contributed by atoms with Crippen molar-refractivity contribution in [1.29, 1.82) is 0 Å². The standard InChI is InChI=1S/C15H17N3O2/c1-9-12(10(2)20-18-9)8-16-15(19)14-7-11-5-3-4-6-13(11)17-14/h3-6,14,17H,7-8H2,1-2H3,(H,16,19)/t14-/m0/s1. The van der Waals surface area contributed by atoms with Gasteiger partial charge >= 0.3 is 0 Å². The first-order chi connectivity index (χ1) is 9.65. The molecule has 0 radical (unpaired) electrons. The van der Waals surface area contributed by atoms with E-state index in [-0.39, 0.29) is 11.9 Å². The molecule has 1 aromatic carbocycles. The lowest BCUT2D eigenvalue weighted by Gasteiger charge is -2.11. The van der Waals surface area contributed by atoms with Crippen LogP contribution in [0.4, 0.5) is 5.69 Å². The van der Waals surface area contributed by atoms with Gasteiger partial charge < -0.3 is 15.2 Å². The van der Waals surface area contributed by atoms with Gasteiger partial charge in [0.15, 0.2) is 0 Å². The predicted octanol–water partition coefficient (Wildman–Crippen LogP) is 1.94. The van der Waals surface area contributed by atoms with E-state index in [0.717, 1.165) is 29.1 Å². The second-order valence-corrected chi connectivity index (χ2v) is 5.08. The van der Waals surface area contributed by atoms with E-state index < -0.39 is 0 Å². The van der Waals surface area contributed by atoms with Gasteiger partial charge in [-0.15, -0.1) is 0 Å². The van der Waals surface area contributed by atoms with Gasteiger partial charge in [0.05, 0.1) is 5.69 Å². The largest absolute Gasteiger partial charge is 0.373 e. The molecule has 1 amide bonds. The maximum Gasteiger partial charge on any atom is 0.243 e. The summed E-state index contributed by atoms with van der Waals surface area (Å²) in [6.45, 7) is 4.18. The fourth-order valence-corrected chi connectivity index (χ4v) is 2.51. The zero-order chi connectivity index (χ0) is 14.1. The lowest BCUT2D eigenvalue weighted by Crippen LogP contribution is -2.38. The molecule has 0 aliphatic carbocycles. The molecule has 0 spiro atoms. The normalized spacial score (nSPS) is 16.6. The molecule has 3 rings (SSSR count). The molecule has 0 saturated heterocycles. The number of aryl methyl sites for hydroxylation is 2. The van der Waals surface area contributed by atoms with E-state index >= 15 is 0 Å². The number of hydrogen-bond donors (Lipinski definition) is 2. The van der Waals surface area contributed by atoms with Crippen molar-refractivity contribution in [3.63, 3.8) is 0 Å². The smallest absolute Gasteiger partial charge is 0.243 e. The van der Waals surface area contributed by atoms with Crippen LogP contribution in [0.2, 0.25) is 0 Å². The van der Waals surface area contributed by atoms with Crippen molar-refractivity contribution in [3.8, 4) is 0 Å². The lowest BCUT2D eigenvalue weighted by molar-refractivity contribution is -0.121. The summed E-state index contributed by atoms with van der Waals surface area (Å²) in [4.78, 5) is 12.2. The summed E-state index contributed by atoms with van der Waals surface area (Å²) >= 11 is 0. The number of carbonyl (C=O) groups is 1. The molecule has 2 aromatic rings. The fourth-order valence-electron chi connectivity index (χ4n) is 2.51. The molecule has 1 aliphatic rings. The lowest BCUT2D eigenvalue weighted by atomic mass is 10.1. The van der Waals surface area contributed by atoms with Crippen LogP contribution in [-0.4, -0.2) is 17.1 Å². The highest BCUT2D eigenvalue weighted by atomic mass is 16.5. The van der Waals surface area contributed by atoms with Crippen LogP contribution in [0.1, 0.15) is 22.6 Å². The molecule has 0 saturated carbocycles. The maximum absolute atomic E-state index is 12.2. The van der Waals surface area contributed by atoms with Crippen LogP contribution in [0.5, 0.6) is 0 Å². The van der Waals surface area contributed by atoms with Gasteiger partial charge in [-0.1, -0.05) is 23.4 Å². The summed E-state index contributed by atoms with van der Waals surface area (Å²) in [5.41, 5.74) is 4.01. The van der Waals surface area contributed by atoms with Crippen molar-refractivity contribution in [3.05, 3.63) is 46.8 Å². The van der Waals surface area contributed by atoms with Crippen LogP contribution in [-0.2, 0) is 17.8 Å². The van der Waals surface area contributed by atoms with Crippen LogP contribution in [0, 0.1) is 13.8 Å². The van der Waals surface area contributed by atoms with E-state index in [0.29, 0.717) is 6.54 Å². The zero-order valence-corrected chi connectivity index (χ0v) is 11.6. The number of amides is 1. The monoisotopic (exact) mass is 271 g/mol. The third kappa shape index (κ3) is 2.27. The Balaban J connectivity index is 1.62. The second-order valence-electron chi connectivity index (χ2n) is 5.08. The van der Waals surface area contributed by atoms with E-state index in [1.807, 2.05) is 38.1 Å². The Hall–Kier alpha value is -2.30. The molecular formula is C15H17N3O2. The van der Waals surface area contributed by atoms with E-state index in [9.17, 15) is 4.79 Å². The Kier molecular flexibility index (Phi) is 3.18. The predicted molar refractivity (Wildman–Crippen MR) is 75.4 cm³/mol. The molecule has 1 atom stereocenters. The number of benzene rings is 1. The first kappa shape index (κ1) is 12.7. The van der Waals surface area contributed by atoms with Gasteiger partial charge in [-0.2, -0.15) is 0 Å². The van der Waals surface area contributed by atoms with Gasteiger partial charge in [0.25, 0.3) is 0 Å². The van der Waals surface area contributed by atoms with E-state index in [1.165, 1.54) is 5.56 Å². The summed E-state index contributed by atoms with van der Waals surface area (Å²) in [6, 6.07) is 7.80. The Labute approximate surface area is 117 Å². The van der Waals surface area contributed by atoms with Crippen molar-refractivity contribution in [2.45, 2.75) is 32.9 Å². The second kappa shape index (κ2) is 5.00. The summed E-state index contributed by atoms with van der Waals surface area (Å²) in [5, 5.41) is 10.1. The SMILES string of the molecule is Cc1noc(C)c1CNC(=O)[C@@H]1Cc2ccccc2N1. The average Bonchev–Trinajstić information content (AvgIpc) is 3.01. The number of rotatable bonds is 3. The molecular weight excluding hydrogens is 254 g/mol. The molecule has 1 aromatic heterocycles. The van der Waals surface area contributed by atoms with Crippen molar-refractivity contribution < 1.29 is 9.32 Å². The van der Waals surface area contributed by atoms with Gasteiger partial charge in [-0.3, -0.25) is 4.79 Å². The minimum Gasteiger partial charge on any atom is -0.373 e. The highest BCUT2D eigenvalue weighted by Gasteiger charge is 2.26. The summed E-state index contributed by atoms with van der Waals surface area (Å²) in [5.74, 6) is 0.756. The third-order valence-corrected chi connectivity index (χ3v) is 3.71. The minimum absolute atomic E-state index is 0.00111. The van der Waals surface area contributed by atoms with Crippen LogP contribution in [0.25, 0.3) is 0 Å². The van der Waals surface area contributed by atoms with Crippen molar-refractivity contribution in [2.24, 2.45) is 0 Å². The molecule has 104 valence electrons. The van der Waals surface area contributed by atoms with Crippen LogP contribution in [0.3, 0.4) is 0 Å². The number of nitrogens with zero attached hydrogens (tertiary/aromatic N) is 1. The first-order valence-electron chi connectivity index (χ1n) is 6.69. The Bertz CT molecular complexity index is 604. The quantitative estimate of drug-likeness (QED) is 0.895. The summed E-state index contributed by atoms with van der Waals surface area (Å²) < 4.78 is 5.09. The third-order valence-electron chi connectivity index (χ3n) is 3.71. The van der Waals surface area contributed by atoms with E-state index in [2.05, 4.69) is 15.8 Å². The number of para-hydroxylation sites is 1. The highest BCUT2D eigenvalue weighted by molar-refractivity contribution is 5.87. The molecule has 0 fully saturated rings. The van der Waals surface area contributed by atoms with Crippen molar-refractivity contribution in [1.82, 2.24) is 10.5 Å². The number of fused-ring (bicyclic) bond motifs is 1. The fraction of sp³-hybridized carbons (Fsp3) is 0.333. The maximum atomic E-state index is 12.2. The molecule has 5 nitrogen and oxygen atoms in total. The highest BCUT2D eigenvalue weighted by Crippen LogP contribution is 2.25. The Morgan fingerprint density at radius 1 is 1.45 bits per heavy atom. The number of aromatic nitrogens is 1.